The molecular weight excluding hydrogens is 151 g/mol. The topological polar surface area (TPSA) is 49.4 Å². The first kappa shape index (κ1) is 9.76. The molecule has 0 rings (SSSR count). The molecule has 0 saturated heterocycles. The van der Waals surface area contributed by atoms with Gasteiger partial charge in [-0.25, -0.2) is 0 Å². The van der Waals surface area contributed by atoms with Gasteiger partial charge in [0.15, 0.2) is 11.6 Å². The molecule has 0 aromatic carbocycles. The minimum absolute atomic E-state index is 0.344. The van der Waals surface area contributed by atoms with Gasteiger partial charge in [-0.05, 0) is 6.92 Å². The molecule has 4 heteroatoms. The standard InChI is InChI=1S/C6H11O3P/c1-3-6(5-7)10(8)9-4-2/h5H,3-4H2,1-2H3. The van der Waals surface area contributed by atoms with Crippen molar-refractivity contribution in [1.29, 1.82) is 0 Å². The van der Waals surface area contributed by atoms with E-state index in [0.717, 1.165) is 0 Å². The predicted octanol–water partition coefficient (Wildman–Crippen LogP) is 0.476. The van der Waals surface area contributed by atoms with Crippen LogP contribution < -0.4 is 4.89 Å². The summed E-state index contributed by atoms with van der Waals surface area (Å²) in [6, 6.07) is 0. The van der Waals surface area contributed by atoms with E-state index in [1.807, 2.05) is 0 Å². The van der Waals surface area contributed by atoms with Crippen LogP contribution in [0.3, 0.4) is 0 Å². The average Bonchev–Trinajstić information content (AvgIpc) is 1.91. The van der Waals surface area contributed by atoms with E-state index < -0.39 is 8.00 Å². The number of aldehydes is 1. The molecule has 1 atom stereocenters. The maximum Gasteiger partial charge on any atom is 0.228 e. The van der Waals surface area contributed by atoms with Gasteiger partial charge in [-0.15, -0.1) is 0 Å². The monoisotopic (exact) mass is 162 g/mol. The summed E-state index contributed by atoms with van der Waals surface area (Å²) in [5.41, 5.74) is 0. The molecule has 0 amide bonds. The first-order chi connectivity index (χ1) is 4.76. The van der Waals surface area contributed by atoms with E-state index in [0.29, 0.717) is 24.6 Å². The fourth-order valence-electron chi connectivity index (χ4n) is 0.456. The Bertz CT molecular complexity index is 142. The summed E-state index contributed by atoms with van der Waals surface area (Å²) in [4.78, 5) is 21.0. The molecule has 1 unspecified atom stereocenters. The van der Waals surface area contributed by atoms with Crippen molar-refractivity contribution >= 4 is 19.6 Å². The molecular formula is C6H11O3P. The normalized spacial score (nSPS) is 12.7. The molecule has 0 saturated carbocycles. The maximum absolute atomic E-state index is 10.9. The Balaban J connectivity index is 4.12. The van der Waals surface area contributed by atoms with Crippen LogP contribution in [0.25, 0.3) is 0 Å². The summed E-state index contributed by atoms with van der Waals surface area (Å²) in [6.07, 6.45) is 1.10. The first-order valence-corrected chi connectivity index (χ1v) is 4.35. The number of carbonyl (C=O) groups is 1. The molecule has 0 spiro atoms. The fourth-order valence-corrected chi connectivity index (χ4v) is 1.20. The Morgan fingerprint density at radius 2 is 2.30 bits per heavy atom. The minimum atomic E-state index is -1.85. The van der Waals surface area contributed by atoms with Gasteiger partial charge in [-0.2, -0.15) is 4.52 Å². The van der Waals surface area contributed by atoms with E-state index in [2.05, 4.69) is 0 Å². The molecule has 0 aromatic rings. The van der Waals surface area contributed by atoms with Gasteiger partial charge in [0.05, 0.1) is 6.61 Å². The average molecular weight is 162 g/mol. The van der Waals surface area contributed by atoms with Crippen LogP contribution in [0.2, 0.25) is 0 Å². The van der Waals surface area contributed by atoms with E-state index in [4.69, 9.17) is 4.52 Å². The molecule has 0 aromatic heterocycles. The Labute approximate surface area is 61.6 Å². The van der Waals surface area contributed by atoms with Gasteiger partial charge in [0.1, 0.15) is 0 Å². The van der Waals surface area contributed by atoms with Crippen LogP contribution in [-0.2, 0) is 9.32 Å². The largest absolute Gasteiger partial charge is 0.603 e. The fraction of sp³-hybridized carbons (Fsp3) is 0.667. The van der Waals surface area contributed by atoms with Crippen molar-refractivity contribution in [2.75, 3.05) is 6.61 Å². The third-order valence-electron chi connectivity index (χ3n) is 0.979. The van der Waals surface area contributed by atoms with Crippen LogP contribution in [0.1, 0.15) is 20.3 Å². The van der Waals surface area contributed by atoms with E-state index in [1.165, 1.54) is 0 Å². The SMILES string of the molecule is CCO[P+]([O-])=C(C=O)CC. The summed E-state index contributed by atoms with van der Waals surface area (Å²) < 4.78 is 4.73. The highest BCUT2D eigenvalue weighted by atomic mass is 31.1. The Morgan fingerprint density at radius 1 is 1.70 bits per heavy atom. The third-order valence-corrected chi connectivity index (χ3v) is 2.36. The van der Waals surface area contributed by atoms with Crippen molar-refractivity contribution in [1.82, 2.24) is 0 Å². The molecule has 0 aliphatic carbocycles. The molecule has 58 valence electrons. The van der Waals surface area contributed by atoms with Crippen molar-refractivity contribution in [2.24, 2.45) is 0 Å². The Morgan fingerprint density at radius 3 is 2.60 bits per heavy atom. The second-order valence-electron chi connectivity index (χ2n) is 1.64. The second-order valence-corrected chi connectivity index (χ2v) is 2.98. The van der Waals surface area contributed by atoms with Gasteiger partial charge in [-0.1, -0.05) is 6.92 Å². The summed E-state index contributed by atoms with van der Waals surface area (Å²) in [7, 11) is -1.85. The highest BCUT2D eigenvalue weighted by Crippen LogP contribution is 2.15. The zero-order valence-corrected chi connectivity index (χ0v) is 7.06. The van der Waals surface area contributed by atoms with Gasteiger partial charge in [0.25, 0.3) is 0 Å². The van der Waals surface area contributed by atoms with Crippen LogP contribution in [0, 0.1) is 0 Å². The Hall–Kier alpha value is -0.240. The highest BCUT2D eigenvalue weighted by Gasteiger charge is 2.06. The van der Waals surface area contributed by atoms with Crippen LogP contribution in [0.5, 0.6) is 0 Å². The van der Waals surface area contributed by atoms with E-state index in [-0.39, 0.29) is 0 Å². The summed E-state index contributed by atoms with van der Waals surface area (Å²) in [6.45, 7) is 3.90. The van der Waals surface area contributed by atoms with Crippen molar-refractivity contribution < 1.29 is 14.2 Å². The first-order valence-electron chi connectivity index (χ1n) is 3.17. The molecule has 0 aliphatic rings. The summed E-state index contributed by atoms with van der Waals surface area (Å²) in [5, 5.41) is 0.344. The zero-order valence-electron chi connectivity index (χ0n) is 6.16. The summed E-state index contributed by atoms with van der Waals surface area (Å²) >= 11 is 0. The summed E-state index contributed by atoms with van der Waals surface area (Å²) in [5.74, 6) is 0. The van der Waals surface area contributed by atoms with Crippen LogP contribution in [0.4, 0.5) is 0 Å². The van der Waals surface area contributed by atoms with E-state index in [9.17, 15) is 9.69 Å². The second kappa shape index (κ2) is 5.54. The molecule has 0 aliphatic heterocycles. The lowest BCUT2D eigenvalue weighted by Crippen LogP contribution is -2.05. The lowest BCUT2D eigenvalue weighted by molar-refractivity contribution is -0.171. The quantitative estimate of drug-likeness (QED) is 0.446. The van der Waals surface area contributed by atoms with Gasteiger partial charge >= 0.3 is 0 Å². The zero-order chi connectivity index (χ0) is 7.98. The van der Waals surface area contributed by atoms with Crippen LogP contribution in [-0.4, -0.2) is 18.2 Å². The number of carbonyl (C=O) groups excluding carboxylic acids is 1. The molecule has 10 heavy (non-hydrogen) atoms. The minimum Gasteiger partial charge on any atom is -0.603 e. The maximum atomic E-state index is 10.9. The highest BCUT2D eigenvalue weighted by molar-refractivity contribution is 7.49. The van der Waals surface area contributed by atoms with Gasteiger partial charge in [0.2, 0.25) is 8.00 Å². The molecule has 0 bridgehead atoms. The lowest BCUT2D eigenvalue weighted by atomic mass is 10.4. The van der Waals surface area contributed by atoms with Crippen molar-refractivity contribution in [2.45, 2.75) is 20.3 Å². The molecule has 0 heterocycles. The number of rotatable bonds is 4. The molecule has 0 fully saturated rings. The number of hydrogen-bond acceptors (Lipinski definition) is 3. The smallest absolute Gasteiger partial charge is 0.228 e. The van der Waals surface area contributed by atoms with Crippen molar-refractivity contribution in [3.8, 4) is 0 Å². The molecule has 0 N–H and O–H groups in total. The van der Waals surface area contributed by atoms with Crippen LogP contribution >= 0.6 is 8.00 Å². The number of hydrogen-bond donors (Lipinski definition) is 0. The van der Waals surface area contributed by atoms with Crippen LogP contribution in [0.15, 0.2) is 0 Å². The third kappa shape index (κ3) is 3.06. The van der Waals surface area contributed by atoms with Gasteiger partial charge in [0, 0.05) is 6.42 Å². The molecule has 0 radical (unpaired) electrons. The Kier molecular flexibility index (Phi) is 5.40. The van der Waals surface area contributed by atoms with Crippen molar-refractivity contribution in [3.05, 3.63) is 0 Å². The van der Waals surface area contributed by atoms with Crippen molar-refractivity contribution in [3.63, 3.8) is 0 Å². The predicted molar refractivity (Wildman–Crippen MR) is 39.9 cm³/mol. The molecule has 3 nitrogen and oxygen atoms in total. The van der Waals surface area contributed by atoms with E-state index >= 15 is 0 Å². The van der Waals surface area contributed by atoms with E-state index in [1.54, 1.807) is 13.8 Å². The van der Waals surface area contributed by atoms with Gasteiger partial charge in [-0.3, -0.25) is 4.79 Å². The van der Waals surface area contributed by atoms with Gasteiger partial charge < -0.3 is 4.89 Å². The lowest BCUT2D eigenvalue weighted by Gasteiger charge is -1.95.